The molecule has 176 valence electrons. The molecule has 1 aromatic heterocycles. The number of ether oxygens (including phenoxy) is 1. The number of likely N-dealkylation sites (tertiary alicyclic amines) is 1. The molecule has 7 nitrogen and oxygen atoms in total. The average Bonchev–Trinajstić information content (AvgIpc) is 2.83. The number of methoxy groups -OCH3 is 1. The summed E-state index contributed by atoms with van der Waals surface area (Å²) in [4.78, 5) is 32.8. The van der Waals surface area contributed by atoms with Gasteiger partial charge >= 0.3 is 0 Å². The number of carbonyl (C=O) groups excluding carboxylic acids is 2. The summed E-state index contributed by atoms with van der Waals surface area (Å²) in [7, 11) is 1.61. The summed E-state index contributed by atoms with van der Waals surface area (Å²) in [6.45, 7) is 5.24. The third-order valence-corrected chi connectivity index (χ3v) is 7.24. The molecule has 1 spiro atoms. The van der Waals surface area contributed by atoms with E-state index in [1.54, 1.807) is 13.2 Å². The molecule has 0 aliphatic carbocycles. The molecule has 1 saturated heterocycles. The summed E-state index contributed by atoms with van der Waals surface area (Å²) in [5.41, 5.74) is 3.14. The molecule has 2 N–H and O–H groups in total. The Morgan fingerprint density at radius 2 is 1.91 bits per heavy atom. The molecule has 3 aromatic rings. The van der Waals surface area contributed by atoms with Gasteiger partial charge in [0.15, 0.2) is 0 Å². The quantitative estimate of drug-likeness (QED) is 0.510. The molecule has 2 aliphatic heterocycles. The maximum absolute atomic E-state index is 13.5. The number of halogens is 1. The topological polar surface area (TPSA) is 83.6 Å². The monoisotopic (exact) mass is 522 g/mol. The van der Waals surface area contributed by atoms with Gasteiger partial charge in [0, 0.05) is 47.5 Å². The fourth-order valence-electron chi connectivity index (χ4n) is 4.87. The van der Waals surface area contributed by atoms with Gasteiger partial charge in [0.05, 0.1) is 18.2 Å². The van der Waals surface area contributed by atoms with Crippen molar-refractivity contribution in [2.45, 2.75) is 38.3 Å². The lowest BCUT2D eigenvalue weighted by Crippen LogP contribution is -2.62. The van der Waals surface area contributed by atoms with Gasteiger partial charge < -0.3 is 20.3 Å². The fraction of sp³-hybridized carbons (Fsp3) is 0.346. The van der Waals surface area contributed by atoms with Crippen LogP contribution in [0.5, 0.6) is 5.75 Å². The zero-order valence-corrected chi connectivity index (χ0v) is 21.0. The van der Waals surface area contributed by atoms with Crippen LogP contribution in [0.3, 0.4) is 0 Å². The largest absolute Gasteiger partial charge is 0.496 e. The van der Waals surface area contributed by atoms with Gasteiger partial charge in [0.2, 0.25) is 0 Å². The lowest BCUT2D eigenvalue weighted by atomic mass is 9.92. The molecule has 8 heteroatoms. The van der Waals surface area contributed by atoms with E-state index >= 15 is 0 Å². The van der Waals surface area contributed by atoms with Gasteiger partial charge in [0.25, 0.3) is 11.8 Å². The molecule has 0 radical (unpaired) electrons. The third kappa shape index (κ3) is 3.90. The van der Waals surface area contributed by atoms with Crippen molar-refractivity contribution >= 4 is 44.3 Å². The number of amides is 2. The van der Waals surface area contributed by atoms with Crippen molar-refractivity contribution in [1.29, 1.82) is 0 Å². The minimum atomic E-state index is -0.561. The average molecular weight is 523 g/mol. The van der Waals surface area contributed by atoms with E-state index in [1.807, 2.05) is 41.3 Å². The van der Waals surface area contributed by atoms with E-state index in [0.29, 0.717) is 42.9 Å². The molecule has 0 saturated carbocycles. The Morgan fingerprint density at radius 1 is 1.15 bits per heavy atom. The lowest BCUT2D eigenvalue weighted by molar-refractivity contribution is 0.0634. The smallest absolute Gasteiger partial charge is 0.272 e. The van der Waals surface area contributed by atoms with Gasteiger partial charge in [-0.05, 0) is 35.7 Å². The van der Waals surface area contributed by atoms with Crippen LogP contribution in [0.1, 0.15) is 59.0 Å². The number of anilines is 1. The molecule has 5 rings (SSSR count). The number of piperidine rings is 1. The maximum atomic E-state index is 13.5. The number of rotatable bonds is 3. The summed E-state index contributed by atoms with van der Waals surface area (Å²) in [6.07, 6.45) is 1.20. The number of carbonyl (C=O) groups is 2. The Hall–Kier alpha value is -3.13. The zero-order chi connectivity index (χ0) is 24.0. The SMILES string of the molecule is COc1cc(C(=O)N2CCC3(CC2)NC(=O)c2cc(Br)ccc2N3)nc2c(C(C)C)cccc12. The van der Waals surface area contributed by atoms with Gasteiger partial charge in [-0.15, -0.1) is 0 Å². The van der Waals surface area contributed by atoms with Crippen LogP contribution < -0.4 is 15.4 Å². The number of fused-ring (bicyclic) bond motifs is 2. The first-order valence-corrected chi connectivity index (χ1v) is 12.3. The van der Waals surface area contributed by atoms with Crippen LogP contribution in [0, 0.1) is 0 Å². The van der Waals surface area contributed by atoms with Crippen LogP contribution in [0.15, 0.2) is 46.9 Å². The fourth-order valence-corrected chi connectivity index (χ4v) is 5.24. The highest BCUT2D eigenvalue weighted by Crippen LogP contribution is 2.34. The molecule has 2 aliphatic rings. The second-order valence-electron chi connectivity index (χ2n) is 9.25. The van der Waals surface area contributed by atoms with Crippen LogP contribution in [0.25, 0.3) is 10.9 Å². The first-order valence-electron chi connectivity index (χ1n) is 11.5. The molecule has 0 bridgehead atoms. The highest BCUT2D eigenvalue weighted by molar-refractivity contribution is 9.10. The van der Waals surface area contributed by atoms with E-state index in [-0.39, 0.29) is 17.7 Å². The molecule has 34 heavy (non-hydrogen) atoms. The normalized spacial score (nSPS) is 16.9. The number of nitrogens with zero attached hydrogens (tertiary/aromatic N) is 2. The number of aromatic nitrogens is 1. The van der Waals surface area contributed by atoms with Gasteiger partial charge in [-0.1, -0.05) is 41.9 Å². The van der Waals surface area contributed by atoms with Crippen LogP contribution in [-0.4, -0.2) is 47.6 Å². The summed E-state index contributed by atoms with van der Waals surface area (Å²) in [6, 6.07) is 13.4. The Balaban J connectivity index is 1.39. The number of pyridine rings is 1. The van der Waals surface area contributed by atoms with Crippen molar-refractivity contribution in [3.05, 3.63) is 63.8 Å². The van der Waals surface area contributed by atoms with E-state index in [1.165, 1.54) is 0 Å². The summed E-state index contributed by atoms with van der Waals surface area (Å²) in [5.74, 6) is 0.691. The van der Waals surface area contributed by atoms with Crippen molar-refractivity contribution in [2.75, 3.05) is 25.5 Å². The number of para-hydroxylation sites is 1. The highest BCUT2D eigenvalue weighted by atomic mass is 79.9. The number of nitrogens with one attached hydrogen (secondary N) is 2. The van der Waals surface area contributed by atoms with Crippen molar-refractivity contribution in [3.63, 3.8) is 0 Å². The van der Waals surface area contributed by atoms with Gasteiger partial charge in [-0.25, -0.2) is 4.98 Å². The second kappa shape index (κ2) is 8.58. The minimum Gasteiger partial charge on any atom is -0.496 e. The van der Waals surface area contributed by atoms with Crippen LogP contribution in [0.4, 0.5) is 5.69 Å². The van der Waals surface area contributed by atoms with E-state index in [4.69, 9.17) is 9.72 Å². The molecular weight excluding hydrogens is 496 g/mol. The van der Waals surface area contributed by atoms with Crippen molar-refractivity contribution < 1.29 is 14.3 Å². The van der Waals surface area contributed by atoms with Crippen LogP contribution in [0.2, 0.25) is 0 Å². The second-order valence-corrected chi connectivity index (χ2v) is 10.2. The van der Waals surface area contributed by atoms with E-state index in [9.17, 15) is 9.59 Å². The summed E-state index contributed by atoms with van der Waals surface area (Å²) < 4.78 is 6.47. The molecule has 2 amide bonds. The Kier molecular flexibility index (Phi) is 5.72. The van der Waals surface area contributed by atoms with Crippen LogP contribution >= 0.6 is 15.9 Å². The number of benzene rings is 2. The Bertz CT molecular complexity index is 1300. The maximum Gasteiger partial charge on any atom is 0.272 e. The van der Waals surface area contributed by atoms with Crippen molar-refractivity contribution in [2.24, 2.45) is 0 Å². The zero-order valence-electron chi connectivity index (χ0n) is 19.4. The molecule has 1 fully saturated rings. The lowest BCUT2D eigenvalue weighted by Gasteiger charge is -2.45. The summed E-state index contributed by atoms with van der Waals surface area (Å²) >= 11 is 3.42. The minimum absolute atomic E-state index is 0.100. The first-order chi connectivity index (χ1) is 16.3. The van der Waals surface area contributed by atoms with Crippen molar-refractivity contribution in [3.8, 4) is 5.75 Å². The number of hydrogen-bond donors (Lipinski definition) is 2. The Labute approximate surface area is 207 Å². The van der Waals surface area contributed by atoms with E-state index in [2.05, 4.69) is 40.4 Å². The third-order valence-electron chi connectivity index (χ3n) is 6.75. The predicted octanol–water partition coefficient (Wildman–Crippen LogP) is 4.92. The van der Waals surface area contributed by atoms with Crippen molar-refractivity contribution in [1.82, 2.24) is 15.2 Å². The molecule has 3 heterocycles. The molecule has 0 unspecified atom stereocenters. The Morgan fingerprint density at radius 3 is 2.62 bits per heavy atom. The highest BCUT2D eigenvalue weighted by Gasteiger charge is 2.41. The standard InChI is InChI=1S/C26H27BrN4O3/c1-15(2)17-5-4-6-18-22(34-3)14-21(28-23(17)18)25(33)31-11-9-26(10-12-31)29-20-8-7-16(27)13-19(20)24(32)30-26/h4-8,13-15,29H,9-12H2,1-3H3,(H,30,32). The van der Waals surface area contributed by atoms with Gasteiger partial charge in [-0.3, -0.25) is 9.59 Å². The molecular formula is C26H27BrN4O3. The summed E-state index contributed by atoms with van der Waals surface area (Å²) in [5, 5.41) is 7.54. The van der Waals surface area contributed by atoms with E-state index < -0.39 is 5.66 Å². The van der Waals surface area contributed by atoms with Crippen LogP contribution in [-0.2, 0) is 0 Å². The number of hydrogen-bond acceptors (Lipinski definition) is 5. The van der Waals surface area contributed by atoms with Gasteiger partial charge in [-0.2, -0.15) is 0 Å². The van der Waals surface area contributed by atoms with E-state index in [0.717, 1.165) is 26.6 Å². The molecule has 0 atom stereocenters. The predicted molar refractivity (Wildman–Crippen MR) is 135 cm³/mol. The molecule has 2 aromatic carbocycles. The van der Waals surface area contributed by atoms with Gasteiger partial charge in [0.1, 0.15) is 17.1 Å². The first kappa shape index (κ1) is 22.7.